The summed E-state index contributed by atoms with van der Waals surface area (Å²) in [7, 11) is 1.38. The van der Waals surface area contributed by atoms with E-state index in [0.717, 1.165) is 48.7 Å². The van der Waals surface area contributed by atoms with Gasteiger partial charge in [-0.1, -0.05) is 12.1 Å². The van der Waals surface area contributed by atoms with Crippen molar-refractivity contribution in [2.24, 2.45) is 0 Å². The van der Waals surface area contributed by atoms with Gasteiger partial charge in [-0.15, -0.1) is 11.3 Å². The molecule has 6 nitrogen and oxygen atoms in total. The first kappa shape index (κ1) is 18.5. The Bertz CT molecular complexity index is 773. The van der Waals surface area contributed by atoms with Gasteiger partial charge in [0, 0.05) is 37.0 Å². The van der Waals surface area contributed by atoms with Crippen LogP contribution in [0.15, 0.2) is 29.6 Å². The zero-order valence-corrected chi connectivity index (χ0v) is 15.8. The average molecular weight is 373 g/mol. The number of esters is 1. The molecular formula is C19H23N3O3S. The van der Waals surface area contributed by atoms with E-state index in [-0.39, 0.29) is 17.9 Å². The van der Waals surface area contributed by atoms with E-state index in [1.807, 2.05) is 12.1 Å². The zero-order valence-electron chi connectivity index (χ0n) is 15.0. The molecule has 138 valence electrons. The third kappa shape index (κ3) is 4.68. The Balaban J connectivity index is 1.62. The van der Waals surface area contributed by atoms with Crippen LogP contribution in [0.4, 0.5) is 0 Å². The van der Waals surface area contributed by atoms with Crippen molar-refractivity contribution < 1.29 is 14.3 Å². The Hall–Kier alpha value is -2.25. The lowest BCUT2D eigenvalue weighted by Crippen LogP contribution is -2.46. The lowest BCUT2D eigenvalue weighted by Gasteiger charge is -2.32. The highest BCUT2D eigenvalue weighted by molar-refractivity contribution is 7.13. The van der Waals surface area contributed by atoms with Crippen molar-refractivity contribution >= 4 is 23.2 Å². The first-order valence-electron chi connectivity index (χ1n) is 8.68. The molecule has 1 N–H and O–H groups in total. The molecule has 2 heterocycles. The molecule has 3 rings (SSSR count). The van der Waals surface area contributed by atoms with Crippen molar-refractivity contribution in [2.75, 3.05) is 20.2 Å². The van der Waals surface area contributed by atoms with Gasteiger partial charge in [-0.05, 0) is 31.5 Å². The number of carbonyl (C=O) groups excluding carboxylic acids is 2. The minimum absolute atomic E-state index is 0.0307. The van der Waals surface area contributed by atoms with Crippen LogP contribution in [0, 0.1) is 0 Å². The summed E-state index contributed by atoms with van der Waals surface area (Å²) in [6.07, 6.45) is 2.11. The van der Waals surface area contributed by atoms with Crippen LogP contribution >= 0.6 is 11.3 Å². The number of nitrogens with zero attached hydrogens (tertiary/aromatic N) is 2. The Kier molecular flexibility index (Phi) is 6.00. The number of carbonyl (C=O) groups is 2. The number of aromatic nitrogens is 1. The zero-order chi connectivity index (χ0) is 18.5. The van der Waals surface area contributed by atoms with E-state index in [9.17, 15) is 9.59 Å². The summed E-state index contributed by atoms with van der Waals surface area (Å²) in [6.45, 7) is 4.24. The van der Waals surface area contributed by atoms with E-state index >= 15 is 0 Å². The second-order valence-electron chi connectivity index (χ2n) is 6.49. The van der Waals surface area contributed by atoms with Gasteiger partial charge in [0.15, 0.2) is 0 Å². The highest BCUT2D eigenvalue weighted by atomic mass is 32.1. The van der Waals surface area contributed by atoms with Crippen LogP contribution in [0.25, 0.3) is 10.6 Å². The van der Waals surface area contributed by atoms with Crippen molar-refractivity contribution in [1.82, 2.24) is 15.2 Å². The number of likely N-dealkylation sites (tertiary alicyclic amines) is 1. The van der Waals surface area contributed by atoms with Crippen molar-refractivity contribution in [3.63, 3.8) is 0 Å². The van der Waals surface area contributed by atoms with E-state index in [4.69, 9.17) is 9.72 Å². The summed E-state index contributed by atoms with van der Waals surface area (Å²) in [6, 6.07) is 7.52. The maximum absolute atomic E-state index is 11.5. The molecule has 0 bridgehead atoms. The Morgan fingerprint density at radius 1 is 1.35 bits per heavy atom. The fourth-order valence-electron chi connectivity index (χ4n) is 3.21. The molecule has 0 aliphatic carbocycles. The molecule has 0 saturated carbocycles. The van der Waals surface area contributed by atoms with Gasteiger partial charge in [0.25, 0.3) is 0 Å². The standard InChI is InChI=1S/C19H23N3O3S/c1-13(23)20-16-4-3-9-22(10-16)11-17-12-26-18(21-17)14-5-7-15(8-6-14)19(24)25-2/h5-8,12,16H,3-4,9-11H2,1-2H3,(H,20,23). The maximum atomic E-state index is 11.5. The smallest absolute Gasteiger partial charge is 0.337 e. The number of hydrogen-bond acceptors (Lipinski definition) is 6. The molecule has 0 radical (unpaired) electrons. The molecule has 1 aromatic carbocycles. The van der Waals surface area contributed by atoms with Gasteiger partial charge in [-0.3, -0.25) is 9.69 Å². The Morgan fingerprint density at radius 2 is 2.12 bits per heavy atom. The summed E-state index contributed by atoms with van der Waals surface area (Å²) < 4.78 is 4.72. The topological polar surface area (TPSA) is 71.5 Å². The van der Waals surface area contributed by atoms with E-state index in [0.29, 0.717) is 5.56 Å². The minimum Gasteiger partial charge on any atom is -0.465 e. The van der Waals surface area contributed by atoms with Gasteiger partial charge >= 0.3 is 5.97 Å². The van der Waals surface area contributed by atoms with Crippen LogP contribution in [-0.2, 0) is 16.1 Å². The summed E-state index contributed by atoms with van der Waals surface area (Å²) in [5.74, 6) is -0.307. The van der Waals surface area contributed by atoms with Crippen LogP contribution in [0.5, 0.6) is 0 Å². The second-order valence-corrected chi connectivity index (χ2v) is 7.35. The van der Waals surface area contributed by atoms with Crippen molar-refractivity contribution in [3.05, 3.63) is 40.9 Å². The Morgan fingerprint density at radius 3 is 2.81 bits per heavy atom. The van der Waals surface area contributed by atoms with E-state index in [1.54, 1.807) is 30.4 Å². The van der Waals surface area contributed by atoms with Gasteiger partial charge in [-0.2, -0.15) is 0 Å². The highest BCUT2D eigenvalue weighted by Gasteiger charge is 2.21. The Labute approximate surface area is 157 Å². The van der Waals surface area contributed by atoms with Gasteiger partial charge in [0.1, 0.15) is 5.01 Å². The summed E-state index contributed by atoms with van der Waals surface area (Å²) in [5, 5.41) is 6.02. The molecular weight excluding hydrogens is 350 g/mol. The van der Waals surface area contributed by atoms with Crippen molar-refractivity contribution in [2.45, 2.75) is 32.4 Å². The second kappa shape index (κ2) is 8.42. The molecule has 26 heavy (non-hydrogen) atoms. The number of methoxy groups -OCH3 is 1. The number of ether oxygens (including phenoxy) is 1. The lowest BCUT2D eigenvalue weighted by molar-refractivity contribution is -0.120. The third-order valence-electron chi connectivity index (χ3n) is 4.40. The predicted octanol–water partition coefficient (Wildman–Crippen LogP) is 2.70. The van der Waals surface area contributed by atoms with Gasteiger partial charge in [0.2, 0.25) is 5.91 Å². The minimum atomic E-state index is -0.338. The molecule has 0 spiro atoms. The van der Waals surface area contributed by atoms with Crippen LogP contribution < -0.4 is 5.32 Å². The van der Waals surface area contributed by atoms with Crippen LogP contribution in [0.3, 0.4) is 0 Å². The molecule has 1 saturated heterocycles. The number of benzene rings is 1. The fraction of sp³-hybridized carbons (Fsp3) is 0.421. The largest absolute Gasteiger partial charge is 0.465 e. The molecule has 2 aromatic rings. The van der Waals surface area contributed by atoms with Gasteiger partial charge < -0.3 is 10.1 Å². The summed E-state index contributed by atoms with van der Waals surface area (Å²) in [5.41, 5.74) is 2.56. The number of piperidine rings is 1. The fourth-order valence-corrected chi connectivity index (χ4v) is 4.03. The first-order valence-corrected chi connectivity index (χ1v) is 9.55. The number of amides is 1. The first-order chi connectivity index (χ1) is 12.5. The molecule has 1 fully saturated rings. The average Bonchev–Trinajstić information content (AvgIpc) is 3.09. The van der Waals surface area contributed by atoms with Crippen molar-refractivity contribution in [3.8, 4) is 10.6 Å². The molecule has 1 aliphatic rings. The number of nitrogens with one attached hydrogen (secondary N) is 1. The van der Waals surface area contributed by atoms with Crippen LogP contribution in [-0.4, -0.2) is 48.0 Å². The molecule has 1 atom stereocenters. The lowest BCUT2D eigenvalue weighted by atomic mass is 10.1. The van der Waals surface area contributed by atoms with Gasteiger partial charge in [-0.25, -0.2) is 9.78 Å². The molecule has 1 amide bonds. The van der Waals surface area contributed by atoms with Crippen LogP contribution in [0.2, 0.25) is 0 Å². The normalized spacial score (nSPS) is 17.7. The monoisotopic (exact) mass is 373 g/mol. The number of hydrogen-bond donors (Lipinski definition) is 1. The van der Waals surface area contributed by atoms with E-state index in [1.165, 1.54) is 7.11 Å². The summed E-state index contributed by atoms with van der Waals surface area (Å²) in [4.78, 5) is 29.8. The van der Waals surface area contributed by atoms with Gasteiger partial charge in [0.05, 0.1) is 18.4 Å². The molecule has 1 aliphatic heterocycles. The van der Waals surface area contributed by atoms with Crippen molar-refractivity contribution in [1.29, 1.82) is 0 Å². The number of thiazole rings is 1. The highest BCUT2D eigenvalue weighted by Crippen LogP contribution is 2.25. The molecule has 1 unspecified atom stereocenters. The predicted molar refractivity (Wildman–Crippen MR) is 101 cm³/mol. The maximum Gasteiger partial charge on any atom is 0.337 e. The quantitative estimate of drug-likeness (QED) is 0.816. The number of rotatable bonds is 5. The van der Waals surface area contributed by atoms with Crippen LogP contribution in [0.1, 0.15) is 35.8 Å². The molecule has 1 aromatic heterocycles. The third-order valence-corrected chi connectivity index (χ3v) is 5.34. The van der Waals surface area contributed by atoms with E-state index < -0.39 is 0 Å². The summed E-state index contributed by atoms with van der Waals surface area (Å²) >= 11 is 1.60. The molecule has 7 heteroatoms. The van der Waals surface area contributed by atoms with E-state index in [2.05, 4.69) is 15.6 Å². The SMILES string of the molecule is COC(=O)c1ccc(-c2nc(CN3CCCC(NC(C)=O)C3)cs2)cc1.